The summed E-state index contributed by atoms with van der Waals surface area (Å²) in [6.45, 7) is 3.81. The number of hydrogen-bond donors (Lipinski definition) is 1. The van der Waals surface area contributed by atoms with Crippen molar-refractivity contribution in [3.05, 3.63) is 34.9 Å². The van der Waals surface area contributed by atoms with Crippen LogP contribution in [-0.2, 0) is 4.74 Å². The predicted molar refractivity (Wildman–Crippen MR) is 67.0 cm³/mol. The van der Waals surface area contributed by atoms with Gasteiger partial charge in [-0.3, -0.25) is 0 Å². The molecule has 0 radical (unpaired) electrons. The Balaban J connectivity index is 2.35. The minimum Gasteiger partial charge on any atom is -0.386 e. The van der Waals surface area contributed by atoms with E-state index in [0.29, 0.717) is 0 Å². The van der Waals surface area contributed by atoms with E-state index in [4.69, 9.17) is 4.74 Å². The Morgan fingerprint density at radius 1 is 1.26 bits per heavy atom. The number of aliphatic hydroxyl groups is 1. The molecule has 0 fully saturated rings. The van der Waals surface area contributed by atoms with Crippen molar-refractivity contribution < 1.29 is 23.0 Å². The van der Waals surface area contributed by atoms with Crippen molar-refractivity contribution in [1.29, 1.82) is 0 Å². The molecule has 108 valence electrons. The SMILES string of the molecule is Cc1ccc(C)c(C(O)COCCCC(F)(F)F)c1. The number of halogens is 3. The quantitative estimate of drug-likeness (QED) is 0.803. The van der Waals surface area contributed by atoms with E-state index in [2.05, 4.69) is 0 Å². The largest absolute Gasteiger partial charge is 0.389 e. The number of alkyl halides is 3. The third-order valence-electron chi connectivity index (χ3n) is 2.82. The van der Waals surface area contributed by atoms with Crippen LogP contribution in [0.5, 0.6) is 0 Å². The van der Waals surface area contributed by atoms with Gasteiger partial charge in [-0.25, -0.2) is 0 Å². The summed E-state index contributed by atoms with van der Waals surface area (Å²) in [4.78, 5) is 0. The van der Waals surface area contributed by atoms with Gasteiger partial charge in [0.1, 0.15) is 6.10 Å². The zero-order valence-electron chi connectivity index (χ0n) is 11.1. The van der Waals surface area contributed by atoms with E-state index in [0.717, 1.165) is 16.7 Å². The van der Waals surface area contributed by atoms with Gasteiger partial charge in [0.25, 0.3) is 0 Å². The maximum Gasteiger partial charge on any atom is 0.389 e. The van der Waals surface area contributed by atoms with Crippen molar-refractivity contribution >= 4 is 0 Å². The molecule has 1 unspecified atom stereocenters. The third kappa shape index (κ3) is 6.07. The van der Waals surface area contributed by atoms with Crippen molar-refractivity contribution in [2.75, 3.05) is 13.2 Å². The third-order valence-corrected chi connectivity index (χ3v) is 2.82. The van der Waals surface area contributed by atoms with Gasteiger partial charge in [0, 0.05) is 13.0 Å². The van der Waals surface area contributed by atoms with E-state index < -0.39 is 18.7 Å². The van der Waals surface area contributed by atoms with Gasteiger partial charge in [0.2, 0.25) is 0 Å². The van der Waals surface area contributed by atoms with Crippen LogP contribution in [0.4, 0.5) is 13.2 Å². The first-order valence-electron chi connectivity index (χ1n) is 6.19. The molecule has 0 spiro atoms. The fourth-order valence-electron chi connectivity index (χ4n) is 1.78. The van der Waals surface area contributed by atoms with E-state index in [1.54, 1.807) is 0 Å². The summed E-state index contributed by atoms with van der Waals surface area (Å²) in [5, 5.41) is 9.94. The summed E-state index contributed by atoms with van der Waals surface area (Å²) in [5.74, 6) is 0. The van der Waals surface area contributed by atoms with Crippen LogP contribution < -0.4 is 0 Å². The van der Waals surface area contributed by atoms with Crippen molar-refractivity contribution in [1.82, 2.24) is 0 Å². The normalized spacial score (nSPS) is 13.6. The van der Waals surface area contributed by atoms with Crippen LogP contribution in [0.15, 0.2) is 18.2 Å². The summed E-state index contributed by atoms with van der Waals surface area (Å²) in [7, 11) is 0. The monoisotopic (exact) mass is 276 g/mol. The second kappa shape index (κ2) is 6.91. The van der Waals surface area contributed by atoms with Gasteiger partial charge in [-0.15, -0.1) is 0 Å². The Morgan fingerprint density at radius 3 is 2.58 bits per heavy atom. The summed E-state index contributed by atoms with van der Waals surface area (Å²) in [5.41, 5.74) is 2.73. The van der Waals surface area contributed by atoms with Gasteiger partial charge >= 0.3 is 6.18 Å². The van der Waals surface area contributed by atoms with Gasteiger partial charge in [0.15, 0.2) is 0 Å². The number of aliphatic hydroxyl groups excluding tert-OH is 1. The van der Waals surface area contributed by atoms with E-state index in [9.17, 15) is 18.3 Å². The topological polar surface area (TPSA) is 29.5 Å². The fraction of sp³-hybridized carbons (Fsp3) is 0.571. The molecule has 0 amide bonds. The highest BCUT2D eigenvalue weighted by Crippen LogP contribution is 2.22. The lowest BCUT2D eigenvalue weighted by atomic mass is 10.0. The molecule has 0 saturated heterocycles. The lowest BCUT2D eigenvalue weighted by Crippen LogP contribution is -2.12. The molecular formula is C14H19F3O2. The molecule has 1 aromatic rings. The molecule has 19 heavy (non-hydrogen) atoms. The number of hydrogen-bond acceptors (Lipinski definition) is 2. The molecule has 0 heterocycles. The van der Waals surface area contributed by atoms with Crippen LogP contribution in [0.1, 0.15) is 35.6 Å². The van der Waals surface area contributed by atoms with Crippen LogP contribution in [0.3, 0.4) is 0 Å². The van der Waals surface area contributed by atoms with E-state index >= 15 is 0 Å². The predicted octanol–water partition coefficient (Wildman–Crippen LogP) is 3.70. The van der Waals surface area contributed by atoms with E-state index in [-0.39, 0.29) is 19.6 Å². The van der Waals surface area contributed by atoms with Gasteiger partial charge in [0.05, 0.1) is 6.61 Å². The molecule has 1 atom stereocenters. The van der Waals surface area contributed by atoms with E-state index in [1.165, 1.54) is 0 Å². The highest BCUT2D eigenvalue weighted by Gasteiger charge is 2.26. The van der Waals surface area contributed by atoms with Crippen LogP contribution in [0, 0.1) is 13.8 Å². The highest BCUT2D eigenvalue weighted by molar-refractivity contribution is 5.32. The Hall–Kier alpha value is -1.07. The molecule has 0 aliphatic rings. The lowest BCUT2D eigenvalue weighted by Gasteiger charge is -2.15. The number of rotatable bonds is 6. The zero-order valence-corrected chi connectivity index (χ0v) is 11.1. The first-order chi connectivity index (χ1) is 8.79. The molecule has 1 rings (SSSR count). The first-order valence-corrected chi connectivity index (χ1v) is 6.19. The molecule has 0 aliphatic carbocycles. The molecular weight excluding hydrogens is 257 g/mol. The molecule has 1 aromatic carbocycles. The average molecular weight is 276 g/mol. The summed E-state index contributed by atoms with van der Waals surface area (Å²) in [6.07, 6.45) is -5.88. The lowest BCUT2D eigenvalue weighted by molar-refractivity contribution is -0.138. The van der Waals surface area contributed by atoms with Gasteiger partial charge in [-0.05, 0) is 31.4 Å². The Kier molecular flexibility index (Phi) is 5.82. The highest BCUT2D eigenvalue weighted by atomic mass is 19.4. The molecule has 5 heteroatoms. The fourth-order valence-corrected chi connectivity index (χ4v) is 1.78. The van der Waals surface area contributed by atoms with Crippen LogP contribution in [0.2, 0.25) is 0 Å². The first kappa shape index (κ1) is 16.0. The maximum atomic E-state index is 11.9. The number of aryl methyl sites for hydroxylation is 2. The van der Waals surface area contributed by atoms with Crippen molar-refractivity contribution in [3.8, 4) is 0 Å². The zero-order chi connectivity index (χ0) is 14.5. The maximum absolute atomic E-state index is 11.9. The van der Waals surface area contributed by atoms with Crippen molar-refractivity contribution in [2.24, 2.45) is 0 Å². The van der Waals surface area contributed by atoms with Gasteiger partial charge in [-0.1, -0.05) is 23.8 Å². The molecule has 0 aromatic heterocycles. The number of benzene rings is 1. The van der Waals surface area contributed by atoms with Crippen LogP contribution in [0.25, 0.3) is 0 Å². The minimum atomic E-state index is -4.14. The summed E-state index contributed by atoms with van der Waals surface area (Å²) >= 11 is 0. The van der Waals surface area contributed by atoms with E-state index in [1.807, 2.05) is 32.0 Å². The second-order valence-electron chi connectivity index (χ2n) is 4.67. The summed E-state index contributed by atoms with van der Waals surface area (Å²) < 4.78 is 40.8. The standard InChI is InChI=1S/C14H19F3O2/c1-10-4-5-11(2)12(8-10)13(18)9-19-7-3-6-14(15,16)17/h4-5,8,13,18H,3,6-7,9H2,1-2H3. The van der Waals surface area contributed by atoms with Crippen LogP contribution in [-0.4, -0.2) is 24.5 Å². The molecule has 0 aliphatic heterocycles. The smallest absolute Gasteiger partial charge is 0.386 e. The Labute approximate surface area is 111 Å². The average Bonchev–Trinajstić information content (AvgIpc) is 2.30. The van der Waals surface area contributed by atoms with Gasteiger partial charge in [-0.2, -0.15) is 13.2 Å². The van der Waals surface area contributed by atoms with Crippen LogP contribution >= 0.6 is 0 Å². The van der Waals surface area contributed by atoms with Gasteiger partial charge < -0.3 is 9.84 Å². The Bertz CT molecular complexity index is 402. The summed E-state index contributed by atoms with van der Waals surface area (Å²) in [6, 6.07) is 5.70. The second-order valence-corrected chi connectivity index (χ2v) is 4.67. The molecule has 0 saturated carbocycles. The molecule has 0 bridgehead atoms. The minimum absolute atomic E-state index is 0.00142. The van der Waals surface area contributed by atoms with Crippen molar-refractivity contribution in [2.45, 2.75) is 39.0 Å². The molecule has 1 N–H and O–H groups in total. The van der Waals surface area contributed by atoms with Crippen molar-refractivity contribution in [3.63, 3.8) is 0 Å². The Morgan fingerprint density at radius 2 is 1.95 bits per heavy atom. The molecule has 2 nitrogen and oxygen atoms in total. The number of ether oxygens (including phenoxy) is 1.